The Kier molecular flexibility index (Phi) is 5.22. The fourth-order valence-corrected chi connectivity index (χ4v) is 2.11. The van der Waals surface area contributed by atoms with Crippen LogP contribution < -0.4 is 0 Å². The van der Waals surface area contributed by atoms with Crippen LogP contribution in [0.25, 0.3) is 6.08 Å². The van der Waals surface area contributed by atoms with E-state index in [0.717, 1.165) is 5.56 Å². The molecule has 1 rings (SSSR count). The predicted molar refractivity (Wildman–Crippen MR) is 73.8 cm³/mol. The molecule has 1 aromatic rings. The summed E-state index contributed by atoms with van der Waals surface area (Å²) in [5, 5.41) is 0. The van der Waals surface area contributed by atoms with Gasteiger partial charge in [-0.15, -0.1) is 0 Å². The van der Waals surface area contributed by atoms with Gasteiger partial charge < -0.3 is 0 Å². The molecule has 0 amide bonds. The Bertz CT molecular complexity index is 473. The van der Waals surface area contributed by atoms with Crippen LogP contribution in [0.15, 0.2) is 30.3 Å². The van der Waals surface area contributed by atoms with Gasteiger partial charge in [0.2, 0.25) is 9.05 Å². The van der Waals surface area contributed by atoms with E-state index in [-0.39, 0.29) is 5.75 Å². The molecule has 0 saturated heterocycles. The molecule has 0 N–H and O–H groups in total. The lowest BCUT2D eigenvalue weighted by Crippen LogP contribution is -1.94. The highest BCUT2D eigenvalue weighted by Gasteiger charge is 2.01. The molecular formula is C13H17ClO2S. The molecule has 0 aliphatic carbocycles. The van der Waals surface area contributed by atoms with Gasteiger partial charge in [0.05, 0.1) is 5.75 Å². The lowest BCUT2D eigenvalue weighted by atomic mass is 10.0. The summed E-state index contributed by atoms with van der Waals surface area (Å²) < 4.78 is 21.4. The van der Waals surface area contributed by atoms with Crippen LogP contribution in [0.1, 0.15) is 37.3 Å². The first-order chi connectivity index (χ1) is 7.88. The van der Waals surface area contributed by atoms with Crippen LogP contribution in [-0.2, 0) is 9.05 Å². The quantitative estimate of drug-likeness (QED) is 0.765. The van der Waals surface area contributed by atoms with Crippen LogP contribution in [-0.4, -0.2) is 14.2 Å². The largest absolute Gasteiger partial charge is 0.232 e. The second-order valence-corrected chi connectivity index (χ2v) is 7.15. The van der Waals surface area contributed by atoms with E-state index in [9.17, 15) is 8.42 Å². The van der Waals surface area contributed by atoms with E-state index in [2.05, 4.69) is 26.0 Å². The van der Waals surface area contributed by atoms with Crippen molar-refractivity contribution in [2.75, 3.05) is 5.75 Å². The zero-order valence-corrected chi connectivity index (χ0v) is 11.6. The molecule has 2 nitrogen and oxygen atoms in total. The van der Waals surface area contributed by atoms with Crippen LogP contribution in [0.2, 0.25) is 0 Å². The van der Waals surface area contributed by atoms with Crippen molar-refractivity contribution in [2.24, 2.45) is 0 Å². The maximum absolute atomic E-state index is 10.7. The van der Waals surface area contributed by atoms with E-state index in [0.29, 0.717) is 12.3 Å². The van der Waals surface area contributed by atoms with Crippen LogP contribution in [0.4, 0.5) is 0 Å². The van der Waals surface area contributed by atoms with Gasteiger partial charge in [0.15, 0.2) is 0 Å². The van der Waals surface area contributed by atoms with Crippen LogP contribution in [0.3, 0.4) is 0 Å². The van der Waals surface area contributed by atoms with Gasteiger partial charge in [0.1, 0.15) is 0 Å². The number of rotatable bonds is 5. The summed E-state index contributed by atoms with van der Waals surface area (Å²) in [5.74, 6) is 0.504. The summed E-state index contributed by atoms with van der Waals surface area (Å²) in [6.45, 7) is 4.30. The highest BCUT2D eigenvalue weighted by Crippen LogP contribution is 2.15. The van der Waals surface area contributed by atoms with Gasteiger partial charge in [0, 0.05) is 10.7 Å². The minimum absolute atomic E-state index is 0.0187. The Morgan fingerprint density at radius 3 is 2.29 bits per heavy atom. The molecule has 1 aromatic carbocycles. The first-order valence-corrected chi connectivity index (χ1v) is 8.05. The normalized spacial score (nSPS) is 12.5. The maximum atomic E-state index is 10.7. The average Bonchev–Trinajstić information content (AvgIpc) is 2.24. The summed E-state index contributed by atoms with van der Waals surface area (Å²) in [5.41, 5.74) is 2.37. The summed E-state index contributed by atoms with van der Waals surface area (Å²) in [6, 6.07) is 8.23. The van der Waals surface area contributed by atoms with Crippen molar-refractivity contribution >= 4 is 25.8 Å². The van der Waals surface area contributed by atoms with E-state index < -0.39 is 9.05 Å². The molecule has 94 valence electrons. The van der Waals surface area contributed by atoms with Gasteiger partial charge in [-0.1, -0.05) is 50.3 Å². The summed E-state index contributed by atoms with van der Waals surface area (Å²) in [6.07, 6.45) is 4.17. The van der Waals surface area contributed by atoms with Crippen molar-refractivity contribution in [1.29, 1.82) is 0 Å². The third-order valence-corrected chi connectivity index (χ3v) is 3.63. The van der Waals surface area contributed by atoms with Crippen molar-refractivity contribution in [2.45, 2.75) is 26.2 Å². The summed E-state index contributed by atoms with van der Waals surface area (Å²) in [4.78, 5) is 0. The van der Waals surface area contributed by atoms with Crippen molar-refractivity contribution in [3.8, 4) is 0 Å². The highest BCUT2D eigenvalue weighted by molar-refractivity contribution is 8.13. The number of allylic oxidation sites excluding steroid dienone is 1. The minimum Gasteiger partial charge on any atom is -0.212 e. The van der Waals surface area contributed by atoms with Crippen LogP contribution in [0, 0.1) is 0 Å². The Morgan fingerprint density at radius 1 is 1.24 bits per heavy atom. The van der Waals surface area contributed by atoms with Gasteiger partial charge >= 0.3 is 0 Å². The monoisotopic (exact) mass is 272 g/mol. The smallest absolute Gasteiger partial charge is 0.212 e. The first-order valence-electron chi connectivity index (χ1n) is 5.57. The van der Waals surface area contributed by atoms with E-state index in [4.69, 9.17) is 10.7 Å². The first kappa shape index (κ1) is 14.3. The fourth-order valence-electron chi connectivity index (χ4n) is 1.42. The van der Waals surface area contributed by atoms with E-state index in [1.165, 1.54) is 5.56 Å². The molecule has 0 fully saturated rings. The zero-order chi connectivity index (χ0) is 12.9. The SMILES string of the molecule is CC(C)c1ccc(/C=C/CCS(=O)(=O)Cl)cc1. The Morgan fingerprint density at radius 2 is 1.82 bits per heavy atom. The van der Waals surface area contributed by atoms with E-state index >= 15 is 0 Å². The van der Waals surface area contributed by atoms with Crippen LogP contribution >= 0.6 is 10.7 Å². The Labute approximate surface area is 108 Å². The molecule has 0 atom stereocenters. The van der Waals surface area contributed by atoms with E-state index in [1.54, 1.807) is 0 Å². The topological polar surface area (TPSA) is 34.1 Å². The summed E-state index contributed by atoms with van der Waals surface area (Å²) >= 11 is 0. The van der Waals surface area contributed by atoms with E-state index in [1.807, 2.05) is 24.3 Å². The molecular weight excluding hydrogens is 256 g/mol. The molecule has 0 unspecified atom stereocenters. The minimum atomic E-state index is -3.38. The Hall–Kier alpha value is -0.800. The molecule has 0 saturated carbocycles. The third kappa shape index (κ3) is 5.89. The van der Waals surface area contributed by atoms with Crippen LogP contribution in [0.5, 0.6) is 0 Å². The molecule has 0 spiro atoms. The second kappa shape index (κ2) is 6.22. The molecule has 0 aromatic heterocycles. The van der Waals surface area contributed by atoms with Crippen molar-refractivity contribution in [1.82, 2.24) is 0 Å². The zero-order valence-electron chi connectivity index (χ0n) is 10.1. The molecule has 0 heterocycles. The average molecular weight is 273 g/mol. The van der Waals surface area contributed by atoms with Crippen molar-refractivity contribution in [3.05, 3.63) is 41.5 Å². The lowest BCUT2D eigenvalue weighted by molar-refractivity contribution is 0.609. The number of benzene rings is 1. The Balaban J connectivity index is 2.55. The molecule has 0 bridgehead atoms. The number of hydrogen-bond donors (Lipinski definition) is 0. The molecule has 4 heteroatoms. The molecule has 0 radical (unpaired) electrons. The lowest BCUT2D eigenvalue weighted by Gasteiger charge is -2.04. The van der Waals surface area contributed by atoms with Gasteiger partial charge in [-0.05, 0) is 23.5 Å². The molecule has 0 aliphatic heterocycles. The third-order valence-electron chi connectivity index (χ3n) is 2.44. The summed E-state index contributed by atoms with van der Waals surface area (Å²) in [7, 11) is 1.73. The van der Waals surface area contributed by atoms with Gasteiger partial charge in [0.25, 0.3) is 0 Å². The molecule has 0 aliphatic rings. The number of halogens is 1. The highest BCUT2D eigenvalue weighted by atomic mass is 35.7. The fraction of sp³-hybridized carbons (Fsp3) is 0.385. The number of hydrogen-bond acceptors (Lipinski definition) is 2. The second-order valence-electron chi connectivity index (χ2n) is 4.26. The van der Waals surface area contributed by atoms with Crippen molar-refractivity contribution < 1.29 is 8.42 Å². The maximum Gasteiger partial charge on any atom is 0.232 e. The predicted octanol–water partition coefficient (Wildman–Crippen LogP) is 3.78. The van der Waals surface area contributed by atoms with Crippen molar-refractivity contribution in [3.63, 3.8) is 0 Å². The van der Waals surface area contributed by atoms with Gasteiger partial charge in [-0.25, -0.2) is 8.42 Å². The molecule has 17 heavy (non-hydrogen) atoms. The standard InChI is InChI=1S/C13H17ClO2S/c1-11(2)13-8-6-12(7-9-13)5-3-4-10-17(14,15)16/h3,5-9,11H,4,10H2,1-2H3/b5-3+. The van der Waals surface area contributed by atoms with Gasteiger partial charge in [-0.3, -0.25) is 0 Å². The van der Waals surface area contributed by atoms with Gasteiger partial charge in [-0.2, -0.15) is 0 Å².